The number of benzene rings is 2. The van der Waals surface area contributed by atoms with Gasteiger partial charge in [0.05, 0.1) is 5.69 Å². The molecule has 0 N–H and O–H groups in total. The lowest BCUT2D eigenvalue weighted by Crippen LogP contribution is -2.29. The highest BCUT2D eigenvalue weighted by molar-refractivity contribution is 9.10. The molecule has 1 aliphatic heterocycles. The van der Waals surface area contributed by atoms with Crippen molar-refractivity contribution in [2.24, 2.45) is 0 Å². The summed E-state index contributed by atoms with van der Waals surface area (Å²) in [7, 11) is 0. The summed E-state index contributed by atoms with van der Waals surface area (Å²) in [5.74, 6) is -0.490. The maximum atomic E-state index is 13.3. The highest BCUT2D eigenvalue weighted by Gasteiger charge is 2.27. The van der Waals surface area contributed by atoms with Crippen molar-refractivity contribution >= 4 is 27.5 Å². The van der Waals surface area contributed by atoms with Gasteiger partial charge >= 0.3 is 0 Å². The Kier molecular flexibility index (Phi) is 3.69. The minimum absolute atomic E-state index is 0.151. The van der Waals surface area contributed by atoms with Gasteiger partial charge in [-0.25, -0.2) is 9.07 Å². The van der Waals surface area contributed by atoms with E-state index in [1.165, 1.54) is 16.8 Å². The predicted octanol–water partition coefficient (Wildman–Crippen LogP) is 3.98. The zero-order valence-electron chi connectivity index (χ0n) is 12.6. The van der Waals surface area contributed by atoms with Crippen molar-refractivity contribution in [3.63, 3.8) is 0 Å². The molecule has 0 unspecified atom stereocenters. The van der Waals surface area contributed by atoms with Crippen molar-refractivity contribution in [3.8, 4) is 5.69 Å². The molecule has 0 aliphatic carbocycles. The van der Waals surface area contributed by atoms with Crippen LogP contribution in [-0.4, -0.2) is 22.2 Å². The van der Waals surface area contributed by atoms with E-state index in [9.17, 15) is 9.18 Å². The Morgan fingerprint density at radius 3 is 2.88 bits per heavy atom. The van der Waals surface area contributed by atoms with E-state index < -0.39 is 0 Å². The topological polar surface area (TPSA) is 38.1 Å². The Hall–Kier alpha value is -2.47. The number of anilines is 1. The second-order valence-corrected chi connectivity index (χ2v) is 6.52. The van der Waals surface area contributed by atoms with Crippen LogP contribution in [0.4, 0.5) is 10.1 Å². The molecule has 6 heteroatoms. The zero-order valence-corrected chi connectivity index (χ0v) is 14.2. The van der Waals surface area contributed by atoms with Crippen molar-refractivity contribution in [2.45, 2.75) is 6.42 Å². The first-order valence-electron chi connectivity index (χ1n) is 7.54. The lowest BCUT2D eigenvalue weighted by atomic mass is 10.2. The average molecular weight is 386 g/mol. The monoisotopic (exact) mass is 385 g/mol. The fraction of sp³-hybridized carbons (Fsp3) is 0.111. The van der Waals surface area contributed by atoms with Gasteiger partial charge in [-0.1, -0.05) is 28.1 Å². The van der Waals surface area contributed by atoms with Crippen LogP contribution >= 0.6 is 15.9 Å². The number of aromatic nitrogens is 2. The van der Waals surface area contributed by atoms with E-state index in [0.29, 0.717) is 17.9 Å². The lowest BCUT2D eigenvalue weighted by Gasteiger charge is -2.16. The smallest absolute Gasteiger partial charge is 0.278 e. The SMILES string of the molecule is O=C(c1ccn(-c2cccc(F)c2)n1)N1CCc2ccc(Br)cc21. The van der Waals surface area contributed by atoms with Gasteiger partial charge in [0.1, 0.15) is 5.82 Å². The number of hydrogen-bond donors (Lipinski definition) is 0. The molecule has 2 aromatic carbocycles. The molecule has 4 nitrogen and oxygen atoms in total. The van der Waals surface area contributed by atoms with Gasteiger partial charge in [0.25, 0.3) is 5.91 Å². The number of amides is 1. The van der Waals surface area contributed by atoms with E-state index in [1.54, 1.807) is 29.3 Å². The number of hydrogen-bond acceptors (Lipinski definition) is 2. The molecule has 1 aromatic heterocycles. The molecule has 0 saturated heterocycles. The molecular weight excluding hydrogens is 373 g/mol. The summed E-state index contributed by atoms with van der Waals surface area (Å²) in [6.07, 6.45) is 2.50. The van der Waals surface area contributed by atoms with Crippen LogP contribution in [0.1, 0.15) is 16.1 Å². The van der Waals surface area contributed by atoms with Crippen molar-refractivity contribution in [2.75, 3.05) is 11.4 Å². The fourth-order valence-corrected chi connectivity index (χ4v) is 3.25. The lowest BCUT2D eigenvalue weighted by molar-refractivity contribution is 0.0984. The van der Waals surface area contributed by atoms with Gasteiger partial charge < -0.3 is 4.90 Å². The summed E-state index contributed by atoms with van der Waals surface area (Å²) in [5.41, 5.74) is 2.98. The number of carbonyl (C=O) groups excluding carboxylic acids is 1. The standard InChI is InChI=1S/C18H13BrFN3O/c19-13-5-4-12-6-8-22(17(12)10-13)18(24)16-7-9-23(21-16)15-3-1-2-14(20)11-15/h1-5,7,9-11H,6,8H2. The van der Waals surface area contributed by atoms with Crippen molar-refractivity contribution in [1.82, 2.24) is 9.78 Å². The first-order valence-corrected chi connectivity index (χ1v) is 8.33. The second-order valence-electron chi connectivity index (χ2n) is 5.61. The van der Waals surface area contributed by atoms with E-state index in [4.69, 9.17) is 0 Å². The van der Waals surface area contributed by atoms with Gasteiger partial charge in [-0.3, -0.25) is 4.79 Å². The minimum atomic E-state index is -0.339. The molecule has 0 bridgehead atoms. The maximum Gasteiger partial charge on any atom is 0.278 e. The average Bonchev–Trinajstić information content (AvgIpc) is 3.21. The Bertz CT molecular complexity index is 938. The van der Waals surface area contributed by atoms with Gasteiger partial charge in [0, 0.05) is 22.9 Å². The van der Waals surface area contributed by atoms with Crippen molar-refractivity contribution in [1.29, 1.82) is 0 Å². The molecule has 2 heterocycles. The van der Waals surface area contributed by atoms with Gasteiger partial charge in [-0.2, -0.15) is 5.10 Å². The first kappa shape index (κ1) is 15.1. The zero-order chi connectivity index (χ0) is 16.7. The third kappa shape index (κ3) is 2.63. The van der Waals surface area contributed by atoms with Crippen molar-refractivity contribution in [3.05, 3.63) is 76.3 Å². The minimum Gasteiger partial charge on any atom is -0.306 e. The van der Waals surface area contributed by atoms with E-state index >= 15 is 0 Å². The summed E-state index contributed by atoms with van der Waals surface area (Å²) >= 11 is 3.45. The maximum absolute atomic E-state index is 13.3. The molecule has 3 aromatic rings. The van der Waals surface area contributed by atoms with E-state index in [1.807, 2.05) is 18.2 Å². The quantitative estimate of drug-likeness (QED) is 0.669. The van der Waals surface area contributed by atoms with Gasteiger partial charge in [0.2, 0.25) is 0 Å². The van der Waals surface area contributed by atoms with Crippen LogP contribution in [0, 0.1) is 5.82 Å². The molecular formula is C18H13BrFN3O. The molecule has 1 aliphatic rings. The van der Waals surface area contributed by atoms with Gasteiger partial charge in [-0.15, -0.1) is 0 Å². The van der Waals surface area contributed by atoms with Crippen molar-refractivity contribution < 1.29 is 9.18 Å². The van der Waals surface area contributed by atoms with Gasteiger partial charge in [-0.05, 0) is 48.4 Å². The highest BCUT2D eigenvalue weighted by atomic mass is 79.9. The Balaban J connectivity index is 1.64. The Labute approximate surface area is 146 Å². The first-order chi connectivity index (χ1) is 11.6. The number of halogens is 2. The fourth-order valence-electron chi connectivity index (χ4n) is 2.90. The van der Waals surface area contributed by atoms with Crippen LogP contribution in [0.5, 0.6) is 0 Å². The molecule has 1 amide bonds. The second kappa shape index (κ2) is 5.87. The number of rotatable bonds is 2. The largest absolute Gasteiger partial charge is 0.306 e. The van der Waals surface area contributed by atoms with E-state index in [2.05, 4.69) is 21.0 Å². The summed E-state index contributed by atoms with van der Waals surface area (Å²) in [6, 6.07) is 13.7. The summed E-state index contributed by atoms with van der Waals surface area (Å²) in [5, 5.41) is 4.31. The summed E-state index contributed by atoms with van der Waals surface area (Å²) < 4.78 is 15.8. The number of fused-ring (bicyclic) bond motifs is 1. The van der Waals surface area contributed by atoms with Crippen LogP contribution < -0.4 is 4.90 Å². The molecule has 0 atom stereocenters. The molecule has 120 valence electrons. The van der Waals surface area contributed by atoms with E-state index in [-0.39, 0.29) is 11.7 Å². The summed E-state index contributed by atoms with van der Waals surface area (Å²) in [6.45, 7) is 0.636. The molecule has 0 saturated carbocycles. The molecule has 0 fully saturated rings. The molecule has 0 radical (unpaired) electrons. The third-order valence-electron chi connectivity index (χ3n) is 4.07. The van der Waals surface area contributed by atoms with Crippen LogP contribution in [0.2, 0.25) is 0 Å². The molecule has 0 spiro atoms. The van der Waals surface area contributed by atoms with Crippen LogP contribution in [0.25, 0.3) is 5.69 Å². The molecule has 4 rings (SSSR count). The Morgan fingerprint density at radius 2 is 2.04 bits per heavy atom. The van der Waals surface area contributed by atoms with Crippen LogP contribution in [0.3, 0.4) is 0 Å². The van der Waals surface area contributed by atoms with Crippen LogP contribution in [-0.2, 0) is 6.42 Å². The predicted molar refractivity (Wildman–Crippen MR) is 93.0 cm³/mol. The van der Waals surface area contributed by atoms with Crippen LogP contribution in [0.15, 0.2) is 59.2 Å². The van der Waals surface area contributed by atoms with E-state index in [0.717, 1.165) is 22.1 Å². The number of carbonyl (C=O) groups is 1. The molecule has 24 heavy (non-hydrogen) atoms. The Morgan fingerprint density at radius 1 is 1.17 bits per heavy atom. The number of nitrogens with zero attached hydrogens (tertiary/aromatic N) is 3. The van der Waals surface area contributed by atoms with Gasteiger partial charge in [0.15, 0.2) is 5.69 Å². The highest BCUT2D eigenvalue weighted by Crippen LogP contribution is 2.31. The summed E-state index contributed by atoms with van der Waals surface area (Å²) in [4.78, 5) is 14.5. The normalized spacial score (nSPS) is 13.2. The third-order valence-corrected chi connectivity index (χ3v) is 4.56.